The molecule has 2 aromatic rings. The van der Waals surface area contributed by atoms with Crippen molar-refractivity contribution in [1.82, 2.24) is 0 Å². The van der Waals surface area contributed by atoms with Crippen LogP contribution in [0.25, 0.3) is 0 Å². The quantitative estimate of drug-likeness (QED) is 0.314. The van der Waals surface area contributed by atoms with Crippen LogP contribution in [0.3, 0.4) is 0 Å². The number of rotatable bonds is 8. The molecule has 0 radical (unpaired) electrons. The highest BCUT2D eigenvalue weighted by Gasteiger charge is 2.09. The molecule has 0 aliphatic rings. The Labute approximate surface area is 150 Å². The third kappa shape index (κ3) is 5.48. The summed E-state index contributed by atoms with van der Waals surface area (Å²) in [6.07, 6.45) is 3.96. The fourth-order valence-electron chi connectivity index (χ4n) is 1.92. The zero-order chi connectivity index (χ0) is 17.4. The van der Waals surface area contributed by atoms with Gasteiger partial charge in [0.1, 0.15) is 12.4 Å². The molecule has 0 aliphatic carbocycles. The topological polar surface area (TPSA) is 51.0 Å². The number of phenols is 1. The summed E-state index contributed by atoms with van der Waals surface area (Å²) >= 11 is 12.0. The van der Waals surface area contributed by atoms with E-state index in [0.29, 0.717) is 25.4 Å². The lowest BCUT2D eigenvalue weighted by Gasteiger charge is -2.10. The predicted octanol–water partition coefficient (Wildman–Crippen LogP) is 4.86. The van der Waals surface area contributed by atoms with E-state index in [1.165, 1.54) is 12.1 Å². The first-order valence-corrected chi connectivity index (χ1v) is 8.01. The molecule has 0 saturated carbocycles. The number of phenolic OH excluding ortho intramolecular Hbond substituents is 1. The zero-order valence-corrected chi connectivity index (χ0v) is 14.4. The Bertz CT molecular complexity index is 692. The Kier molecular flexibility index (Phi) is 6.97. The van der Waals surface area contributed by atoms with Gasteiger partial charge in [0.2, 0.25) is 0 Å². The molecule has 0 amide bonds. The van der Waals surface area contributed by atoms with Crippen LogP contribution < -0.4 is 4.74 Å². The molecule has 6 heteroatoms. The van der Waals surface area contributed by atoms with E-state index in [2.05, 4.69) is 11.7 Å². The van der Waals surface area contributed by atoms with Gasteiger partial charge in [0, 0.05) is 18.6 Å². The van der Waals surface area contributed by atoms with Crippen molar-refractivity contribution in [3.8, 4) is 11.5 Å². The van der Waals surface area contributed by atoms with Crippen LogP contribution in [0.2, 0.25) is 10.0 Å². The number of ether oxygens (including phenoxy) is 1. The number of halogens is 2. The average Bonchev–Trinajstić information content (AvgIpc) is 2.55. The lowest BCUT2D eigenvalue weighted by atomic mass is 10.1. The molecule has 0 bridgehead atoms. The van der Waals surface area contributed by atoms with E-state index in [9.17, 15) is 5.11 Å². The highest BCUT2D eigenvalue weighted by atomic mass is 35.5. The molecule has 0 aromatic heterocycles. The molecule has 0 saturated heterocycles. The molecule has 0 heterocycles. The van der Waals surface area contributed by atoms with Gasteiger partial charge >= 0.3 is 0 Å². The van der Waals surface area contributed by atoms with Crippen molar-refractivity contribution in [2.45, 2.75) is 6.42 Å². The summed E-state index contributed by atoms with van der Waals surface area (Å²) in [5.74, 6) is 0.380. The molecule has 2 rings (SSSR count). The third-order valence-corrected chi connectivity index (χ3v) is 3.63. The summed E-state index contributed by atoms with van der Waals surface area (Å²) in [6.45, 7) is 4.34. The van der Waals surface area contributed by atoms with Crippen molar-refractivity contribution < 1.29 is 14.7 Å². The highest BCUT2D eigenvalue weighted by Crippen LogP contribution is 2.36. The van der Waals surface area contributed by atoms with Gasteiger partial charge in [0.25, 0.3) is 0 Å². The Morgan fingerprint density at radius 3 is 2.42 bits per heavy atom. The van der Waals surface area contributed by atoms with Crippen LogP contribution in [-0.4, -0.2) is 24.5 Å². The van der Waals surface area contributed by atoms with Crippen LogP contribution in [-0.2, 0) is 11.3 Å². The van der Waals surface area contributed by atoms with Crippen LogP contribution in [0.15, 0.2) is 54.2 Å². The van der Waals surface area contributed by atoms with Gasteiger partial charge in [-0.1, -0.05) is 65.3 Å². The van der Waals surface area contributed by atoms with Crippen molar-refractivity contribution in [2.75, 3.05) is 13.2 Å². The van der Waals surface area contributed by atoms with Gasteiger partial charge in [-0.3, -0.25) is 0 Å². The van der Waals surface area contributed by atoms with E-state index in [0.717, 1.165) is 11.1 Å². The van der Waals surface area contributed by atoms with Gasteiger partial charge in [-0.2, -0.15) is 0 Å². The number of aromatic hydroxyl groups is 1. The van der Waals surface area contributed by atoms with Crippen molar-refractivity contribution in [3.63, 3.8) is 0 Å². The van der Waals surface area contributed by atoms with Crippen molar-refractivity contribution >= 4 is 29.4 Å². The largest absolute Gasteiger partial charge is 0.508 e. The number of hydrogen-bond acceptors (Lipinski definition) is 4. The van der Waals surface area contributed by atoms with Crippen LogP contribution in [0.4, 0.5) is 0 Å². The Hall–Kier alpha value is -2.17. The van der Waals surface area contributed by atoms with Crippen LogP contribution in [0.1, 0.15) is 11.1 Å². The molecule has 0 aliphatic heterocycles. The second-order valence-electron chi connectivity index (χ2n) is 4.90. The average molecular weight is 366 g/mol. The molecule has 1 N–H and O–H groups in total. The maximum atomic E-state index is 9.39. The molecule has 0 atom stereocenters. The Balaban J connectivity index is 1.87. The molecule has 0 unspecified atom stereocenters. The summed E-state index contributed by atoms with van der Waals surface area (Å²) < 4.78 is 5.62. The van der Waals surface area contributed by atoms with Crippen LogP contribution in [0, 0.1) is 0 Å². The van der Waals surface area contributed by atoms with Crippen LogP contribution >= 0.6 is 23.2 Å². The first-order valence-electron chi connectivity index (χ1n) is 7.26. The monoisotopic (exact) mass is 365 g/mol. The van der Waals surface area contributed by atoms with Gasteiger partial charge in [0.15, 0.2) is 5.75 Å². The zero-order valence-electron chi connectivity index (χ0n) is 12.9. The second-order valence-corrected chi connectivity index (χ2v) is 5.71. The summed E-state index contributed by atoms with van der Waals surface area (Å²) in [7, 11) is 0. The van der Waals surface area contributed by atoms with Gasteiger partial charge < -0.3 is 14.7 Å². The lowest BCUT2D eigenvalue weighted by molar-refractivity contribution is 0.176. The van der Waals surface area contributed by atoms with E-state index in [1.54, 1.807) is 12.3 Å². The predicted molar refractivity (Wildman–Crippen MR) is 97.5 cm³/mol. The molecular formula is C18H17Cl2NO3. The first-order chi connectivity index (χ1) is 11.6. The molecule has 126 valence electrons. The highest BCUT2D eigenvalue weighted by molar-refractivity contribution is 6.37. The Morgan fingerprint density at radius 2 is 1.79 bits per heavy atom. The van der Waals surface area contributed by atoms with E-state index < -0.39 is 0 Å². The van der Waals surface area contributed by atoms with Crippen molar-refractivity contribution in [1.29, 1.82) is 0 Å². The second kappa shape index (κ2) is 9.21. The summed E-state index contributed by atoms with van der Waals surface area (Å²) in [4.78, 5) is 4.95. The molecule has 4 nitrogen and oxygen atoms in total. The first kappa shape index (κ1) is 18.2. The number of hydrogen-bond donors (Lipinski definition) is 1. The van der Waals surface area contributed by atoms with E-state index in [-0.39, 0.29) is 15.8 Å². The normalized spacial score (nSPS) is 10.8. The molecular weight excluding hydrogens is 349 g/mol. The SMILES string of the molecule is C=CCON=Cc1ccc(CCOc2c(Cl)cc(O)cc2Cl)cc1. The van der Waals surface area contributed by atoms with E-state index in [4.69, 9.17) is 32.8 Å². The molecule has 2 aromatic carbocycles. The van der Waals surface area contributed by atoms with Crippen LogP contribution in [0.5, 0.6) is 11.5 Å². The summed E-state index contributed by atoms with van der Waals surface area (Å²) in [5, 5.41) is 13.8. The van der Waals surface area contributed by atoms with Crippen molar-refractivity contribution in [3.05, 3.63) is 70.2 Å². The smallest absolute Gasteiger partial charge is 0.156 e. The molecule has 0 spiro atoms. The van der Waals surface area contributed by atoms with Gasteiger partial charge in [-0.05, 0) is 11.1 Å². The fourth-order valence-corrected chi connectivity index (χ4v) is 2.50. The van der Waals surface area contributed by atoms with Gasteiger partial charge in [-0.25, -0.2) is 0 Å². The van der Waals surface area contributed by atoms with Gasteiger partial charge in [-0.15, -0.1) is 0 Å². The standard InChI is InChI=1S/C18H17Cl2NO3/c1-2-8-24-21-12-14-5-3-13(4-6-14)7-9-23-18-16(19)10-15(22)11-17(18)20/h2-6,10-12,22H,1,7-9H2. The summed E-state index contributed by atoms with van der Waals surface area (Å²) in [5.41, 5.74) is 2.04. The minimum atomic E-state index is 0.00618. The minimum Gasteiger partial charge on any atom is -0.508 e. The van der Waals surface area contributed by atoms with Crippen molar-refractivity contribution in [2.24, 2.45) is 5.16 Å². The number of nitrogens with zero attached hydrogens (tertiary/aromatic N) is 1. The van der Waals surface area contributed by atoms with Gasteiger partial charge in [0.05, 0.1) is 22.9 Å². The third-order valence-electron chi connectivity index (χ3n) is 3.07. The van der Waals surface area contributed by atoms with E-state index >= 15 is 0 Å². The molecule has 0 fully saturated rings. The maximum absolute atomic E-state index is 9.39. The number of oxime groups is 1. The maximum Gasteiger partial charge on any atom is 0.156 e. The Morgan fingerprint density at radius 1 is 1.12 bits per heavy atom. The molecule has 24 heavy (non-hydrogen) atoms. The number of benzene rings is 2. The van der Waals surface area contributed by atoms with E-state index in [1.807, 2.05) is 24.3 Å². The lowest BCUT2D eigenvalue weighted by Crippen LogP contribution is -2.02. The summed E-state index contributed by atoms with van der Waals surface area (Å²) in [6, 6.07) is 10.6. The minimum absolute atomic E-state index is 0.00618. The fraction of sp³-hybridized carbons (Fsp3) is 0.167.